The van der Waals surface area contributed by atoms with Gasteiger partial charge >= 0.3 is 108 Å². The van der Waals surface area contributed by atoms with Crippen molar-refractivity contribution in [3.63, 3.8) is 0 Å². The van der Waals surface area contributed by atoms with Crippen LogP contribution < -0.4 is 0 Å². The number of phenols is 1. The van der Waals surface area contributed by atoms with Crippen LogP contribution in [-0.4, -0.2) is 32.7 Å². The second-order valence-corrected chi connectivity index (χ2v) is 22.4. The Labute approximate surface area is 108 Å². The average Bonchev–Trinajstić information content (AvgIpc) is 2.36. The summed E-state index contributed by atoms with van der Waals surface area (Å²) in [6, 6.07) is 6.55. The van der Waals surface area contributed by atoms with E-state index in [9.17, 15) is 9.90 Å². The topological polar surface area (TPSA) is 46.5 Å². The molecule has 1 rings (SSSR count). The Balaban J connectivity index is 2.89. The van der Waals surface area contributed by atoms with Gasteiger partial charge in [0.15, 0.2) is 0 Å². The van der Waals surface area contributed by atoms with Gasteiger partial charge in [-0.1, -0.05) is 0 Å². The van der Waals surface area contributed by atoms with Crippen molar-refractivity contribution >= 4 is 27.6 Å². The van der Waals surface area contributed by atoms with E-state index in [0.29, 0.717) is 0 Å². The summed E-state index contributed by atoms with van der Waals surface area (Å²) in [5, 5.41) is 9.62. The van der Waals surface area contributed by atoms with Crippen LogP contribution >= 0.6 is 0 Å². The molecule has 0 saturated carbocycles. The molecule has 0 aliphatic carbocycles. The predicted molar refractivity (Wildman–Crippen MR) is 70.7 cm³/mol. The molecule has 0 atom stereocenters. The fraction of sp³-hybridized carbons (Fsp3) is 0.462. The molecule has 0 amide bonds. The van der Waals surface area contributed by atoms with Gasteiger partial charge in [-0.25, -0.2) is 0 Å². The molecule has 1 aromatic carbocycles. The van der Waals surface area contributed by atoms with E-state index in [4.69, 9.17) is 2.69 Å². The van der Waals surface area contributed by atoms with Crippen molar-refractivity contribution in [3.05, 3.63) is 29.8 Å². The predicted octanol–water partition coefficient (Wildman–Crippen LogP) is 3.55. The van der Waals surface area contributed by atoms with E-state index in [1.54, 1.807) is 18.2 Å². The van der Waals surface area contributed by atoms with Gasteiger partial charge in [0.05, 0.1) is 0 Å². The summed E-state index contributed by atoms with van der Waals surface area (Å²) in [5.74, 6) is -0.349. The molecule has 94 valence electrons. The zero-order valence-corrected chi connectivity index (χ0v) is 14.6. The molecule has 1 aromatic rings. The number of carbonyl (C=O) groups excluding carboxylic acids is 1. The molecule has 0 aliphatic heterocycles. The van der Waals surface area contributed by atoms with Crippen LogP contribution in [0.3, 0.4) is 0 Å². The van der Waals surface area contributed by atoms with Gasteiger partial charge in [-0.2, -0.15) is 0 Å². The molecule has 0 fully saturated rings. The Kier molecular flexibility index (Phi) is 5.43. The van der Waals surface area contributed by atoms with Crippen LogP contribution in [0.25, 0.3) is 0 Å². The van der Waals surface area contributed by atoms with Gasteiger partial charge in [0.2, 0.25) is 0 Å². The van der Waals surface area contributed by atoms with Crippen LogP contribution in [0.15, 0.2) is 24.3 Å². The maximum absolute atomic E-state index is 12.0. The minimum absolute atomic E-state index is 0.00288. The van der Waals surface area contributed by atoms with Crippen LogP contribution in [0.4, 0.5) is 0 Å². The summed E-state index contributed by atoms with van der Waals surface area (Å²) in [7, 11) is 0. The number of aromatic hydroxyl groups is 1. The average molecular weight is 432 g/mol. The molecule has 17 heavy (non-hydrogen) atoms. The third-order valence-electron chi connectivity index (χ3n) is 3.37. The Morgan fingerprint density at radius 3 is 2.18 bits per heavy atom. The first-order valence-corrected chi connectivity index (χ1v) is 15.9. The van der Waals surface area contributed by atoms with E-state index in [2.05, 4.69) is 20.8 Å². The van der Waals surface area contributed by atoms with Crippen molar-refractivity contribution in [2.75, 3.05) is 0 Å². The molecular formula is C13H20O3Pb. The van der Waals surface area contributed by atoms with Gasteiger partial charge in [0.1, 0.15) is 0 Å². The number of phenolic OH excluding ortho intramolecular Hbond substituents is 1. The number of hydrogen-bond acceptors (Lipinski definition) is 3. The van der Waals surface area contributed by atoms with Gasteiger partial charge in [-0.15, -0.1) is 0 Å². The first kappa shape index (κ1) is 14.5. The van der Waals surface area contributed by atoms with E-state index in [1.807, 2.05) is 0 Å². The number of benzene rings is 1. The molecule has 1 N–H and O–H groups in total. The van der Waals surface area contributed by atoms with E-state index >= 15 is 0 Å². The van der Waals surface area contributed by atoms with E-state index in [-0.39, 0.29) is 17.3 Å². The van der Waals surface area contributed by atoms with Gasteiger partial charge < -0.3 is 0 Å². The van der Waals surface area contributed by atoms with E-state index in [1.165, 1.54) is 6.07 Å². The quantitative estimate of drug-likeness (QED) is 0.726. The van der Waals surface area contributed by atoms with Crippen LogP contribution in [0, 0.1) is 0 Å². The fourth-order valence-electron chi connectivity index (χ4n) is 1.86. The fourth-order valence-corrected chi connectivity index (χ4v) is 11.3. The molecule has 0 spiro atoms. The minimum atomic E-state index is -2.86. The van der Waals surface area contributed by atoms with Crippen LogP contribution in [0.5, 0.6) is 5.75 Å². The second kappa shape index (κ2) is 6.37. The number of rotatable bonds is 5. The normalized spacial score (nSPS) is 11.2. The van der Waals surface area contributed by atoms with Crippen LogP contribution in [0.2, 0.25) is 11.9 Å². The van der Waals surface area contributed by atoms with E-state index < -0.39 is 21.6 Å². The molecule has 0 aliphatic rings. The van der Waals surface area contributed by atoms with Gasteiger partial charge in [0, 0.05) is 0 Å². The summed E-state index contributed by atoms with van der Waals surface area (Å²) in [5.41, 5.74) is 0.284. The molecule has 0 unspecified atom stereocenters. The van der Waals surface area contributed by atoms with Gasteiger partial charge in [-0.3, -0.25) is 0 Å². The Morgan fingerprint density at radius 2 is 1.71 bits per heavy atom. The number of hydrogen-bond donors (Lipinski definition) is 1. The van der Waals surface area contributed by atoms with E-state index in [0.717, 1.165) is 11.9 Å². The molecule has 0 heterocycles. The Bertz CT molecular complexity index is 378. The van der Waals surface area contributed by atoms with Gasteiger partial charge in [0.25, 0.3) is 0 Å². The molecule has 0 bridgehead atoms. The van der Waals surface area contributed by atoms with Crippen molar-refractivity contribution in [3.8, 4) is 5.75 Å². The summed E-state index contributed by atoms with van der Waals surface area (Å²) in [6.07, 6.45) is 0. The zero-order valence-electron chi connectivity index (χ0n) is 10.7. The SMILES string of the molecule is C[CH2][Pb]([CH2]C)([CH2]C)[O]C(=O)c1ccccc1O. The third-order valence-corrected chi connectivity index (χ3v) is 20.8. The molecule has 0 saturated heterocycles. The number of para-hydroxylation sites is 1. The monoisotopic (exact) mass is 432 g/mol. The van der Waals surface area contributed by atoms with Crippen LogP contribution in [-0.2, 0) is 2.69 Å². The first-order chi connectivity index (χ1) is 8.08. The van der Waals surface area contributed by atoms with Crippen molar-refractivity contribution in [1.29, 1.82) is 0 Å². The summed E-state index contributed by atoms with van der Waals surface area (Å²) < 4.78 is 8.77. The first-order valence-electron chi connectivity index (χ1n) is 6.10. The zero-order chi connectivity index (χ0) is 12.9. The summed E-state index contributed by atoms with van der Waals surface area (Å²) in [6.45, 7) is 6.31. The standard InChI is InChI=1S/C7H6O3.3C2H5.Pb/c8-6-4-2-1-3-5(6)7(9)10;3*1-2;/h1-4,8H,(H,9,10);3*1H2,2H3;/q;;;;+1/p-1. The van der Waals surface area contributed by atoms with Crippen LogP contribution in [0.1, 0.15) is 31.1 Å². The number of carbonyl (C=O) groups is 1. The van der Waals surface area contributed by atoms with Gasteiger partial charge in [-0.05, 0) is 0 Å². The van der Waals surface area contributed by atoms with Crippen molar-refractivity contribution in [2.45, 2.75) is 32.7 Å². The summed E-state index contributed by atoms with van der Waals surface area (Å²) in [4.78, 5) is 12.0. The second-order valence-electron chi connectivity index (χ2n) is 4.15. The van der Waals surface area contributed by atoms with Crippen molar-refractivity contribution < 1.29 is 12.6 Å². The maximum atomic E-state index is 12.0. The van der Waals surface area contributed by atoms with Crippen molar-refractivity contribution in [2.24, 2.45) is 0 Å². The summed E-state index contributed by atoms with van der Waals surface area (Å²) >= 11 is -2.86. The third kappa shape index (κ3) is 3.43. The molecule has 4 heteroatoms. The molecule has 0 aromatic heterocycles. The Morgan fingerprint density at radius 1 is 1.18 bits per heavy atom. The molecule has 0 radical (unpaired) electrons. The molecule has 3 nitrogen and oxygen atoms in total. The van der Waals surface area contributed by atoms with Crippen molar-refractivity contribution in [1.82, 2.24) is 0 Å². The Hall–Kier alpha value is -0.588. The molecular weight excluding hydrogens is 411 g/mol.